The van der Waals surface area contributed by atoms with Gasteiger partial charge in [0.25, 0.3) is 0 Å². The summed E-state index contributed by atoms with van der Waals surface area (Å²) in [6.07, 6.45) is 5.55. The molecular formula is C13H17N3S. The molecule has 1 aliphatic rings. The number of aromatic nitrogens is 1. The molecule has 2 aromatic rings. The van der Waals surface area contributed by atoms with Crippen molar-refractivity contribution in [2.24, 2.45) is 11.7 Å². The summed E-state index contributed by atoms with van der Waals surface area (Å²) in [5.74, 6) is 1.61. The van der Waals surface area contributed by atoms with Gasteiger partial charge in [-0.05, 0) is 36.3 Å². The van der Waals surface area contributed by atoms with Crippen molar-refractivity contribution in [2.75, 3.05) is 11.9 Å². The Morgan fingerprint density at radius 1 is 1.41 bits per heavy atom. The molecule has 3 N–H and O–H groups in total. The molecule has 90 valence electrons. The SMILES string of the molecule is NC1CCCC1CNc1nccc2sccc12. The fourth-order valence-electron chi connectivity index (χ4n) is 2.58. The van der Waals surface area contributed by atoms with E-state index in [9.17, 15) is 0 Å². The van der Waals surface area contributed by atoms with E-state index in [1.165, 1.54) is 29.3 Å². The van der Waals surface area contributed by atoms with Gasteiger partial charge in [-0.1, -0.05) is 6.42 Å². The highest BCUT2D eigenvalue weighted by Gasteiger charge is 2.23. The van der Waals surface area contributed by atoms with Crippen LogP contribution in [0.25, 0.3) is 10.1 Å². The van der Waals surface area contributed by atoms with Crippen molar-refractivity contribution in [1.29, 1.82) is 0 Å². The number of nitrogens with zero attached hydrogens (tertiary/aromatic N) is 1. The molecule has 2 heterocycles. The number of fused-ring (bicyclic) bond motifs is 1. The van der Waals surface area contributed by atoms with Crippen molar-refractivity contribution in [1.82, 2.24) is 4.98 Å². The molecule has 1 aliphatic carbocycles. The second-order valence-electron chi connectivity index (χ2n) is 4.73. The molecule has 4 heteroatoms. The molecule has 0 bridgehead atoms. The third-order valence-electron chi connectivity index (χ3n) is 3.63. The first-order chi connectivity index (χ1) is 8.34. The summed E-state index contributed by atoms with van der Waals surface area (Å²) in [5, 5.41) is 6.80. The highest BCUT2D eigenvalue weighted by molar-refractivity contribution is 7.17. The van der Waals surface area contributed by atoms with E-state index in [0.29, 0.717) is 12.0 Å². The van der Waals surface area contributed by atoms with Crippen LogP contribution < -0.4 is 11.1 Å². The van der Waals surface area contributed by atoms with E-state index in [-0.39, 0.29) is 0 Å². The number of thiophene rings is 1. The largest absolute Gasteiger partial charge is 0.369 e. The predicted molar refractivity (Wildman–Crippen MR) is 73.4 cm³/mol. The standard InChI is InChI=1S/C13H17N3S/c14-11-3-1-2-9(11)8-16-13-10-5-7-17-12(10)4-6-15-13/h4-7,9,11H,1-3,8,14H2,(H,15,16). The molecule has 3 nitrogen and oxygen atoms in total. The lowest BCUT2D eigenvalue weighted by Gasteiger charge is -2.16. The molecule has 0 aromatic carbocycles. The molecule has 1 fully saturated rings. The lowest BCUT2D eigenvalue weighted by molar-refractivity contribution is 0.505. The van der Waals surface area contributed by atoms with E-state index in [1.54, 1.807) is 11.3 Å². The molecule has 2 unspecified atom stereocenters. The Balaban J connectivity index is 1.74. The van der Waals surface area contributed by atoms with Crippen LogP contribution in [0.4, 0.5) is 5.82 Å². The topological polar surface area (TPSA) is 50.9 Å². The minimum absolute atomic E-state index is 0.365. The highest BCUT2D eigenvalue weighted by atomic mass is 32.1. The highest BCUT2D eigenvalue weighted by Crippen LogP contribution is 2.28. The second-order valence-corrected chi connectivity index (χ2v) is 5.68. The Morgan fingerprint density at radius 3 is 3.18 bits per heavy atom. The van der Waals surface area contributed by atoms with Gasteiger partial charge >= 0.3 is 0 Å². The monoisotopic (exact) mass is 247 g/mol. The van der Waals surface area contributed by atoms with E-state index >= 15 is 0 Å². The normalized spacial score (nSPS) is 24.3. The fraction of sp³-hybridized carbons (Fsp3) is 0.462. The number of pyridine rings is 1. The van der Waals surface area contributed by atoms with Gasteiger partial charge in [0.15, 0.2) is 0 Å². The summed E-state index contributed by atoms with van der Waals surface area (Å²) in [7, 11) is 0. The molecule has 3 rings (SSSR count). The lowest BCUT2D eigenvalue weighted by Crippen LogP contribution is -2.29. The maximum absolute atomic E-state index is 6.08. The third kappa shape index (κ3) is 2.15. The Labute approximate surface area is 105 Å². The van der Waals surface area contributed by atoms with Crippen LogP contribution in [0.3, 0.4) is 0 Å². The molecule has 2 aromatic heterocycles. The van der Waals surface area contributed by atoms with Crippen molar-refractivity contribution >= 4 is 27.2 Å². The quantitative estimate of drug-likeness (QED) is 0.877. The summed E-state index contributed by atoms with van der Waals surface area (Å²) < 4.78 is 1.29. The van der Waals surface area contributed by atoms with Gasteiger partial charge in [-0.25, -0.2) is 4.98 Å². The van der Waals surface area contributed by atoms with Gasteiger partial charge in [0.2, 0.25) is 0 Å². The van der Waals surface area contributed by atoms with E-state index in [4.69, 9.17) is 5.73 Å². The average Bonchev–Trinajstić information content (AvgIpc) is 2.95. The molecule has 17 heavy (non-hydrogen) atoms. The van der Waals surface area contributed by atoms with E-state index in [2.05, 4.69) is 27.8 Å². The van der Waals surface area contributed by atoms with Gasteiger partial charge in [-0.2, -0.15) is 0 Å². The molecule has 0 spiro atoms. The van der Waals surface area contributed by atoms with Gasteiger partial charge in [0.1, 0.15) is 5.82 Å². The smallest absolute Gasteiger partial charge is 0.134 e. The van der Waals surface area contributed by atoms with Crippen LogP contribution in [0, 0.1) is 5.92 Å². The van der Waals surface area contributed by atoms with E-state index in [1.807, 2.05) is 6.20 Å². The van der Waals surface area contributed by atoms with E-state index in [0.717, 1.165) is 12.4 Å². The summed E-state index contributed by atoms with van der Waals surface area (Å²) in [6.45, 7) is 0.948. The maximum atomic E-state index is 6.08. The van der Waals surface area contributed by atoms with Crippen LogP contribution in [0.1, 0.15) is 19.3 Å². The van der Waals surface area contributed by atoms with Gasteiger partial charge < -0.3 is 11.1 Å². The van der Waals surface area contributed by atoms with Crippen molar-refractivity contribution in [2.45, 2.75) is 25.3 Å². The van der Waals surface area contributed by atoms with Crippen LogP contribution >= 0.6 is 11.3 Å². The molecule has 2 atom stereocenters. The number of nitrogens with one attached hydrogen (secondary N) is 1. The molecule has 1 saturated carbocycles. The van der Waals surface area contributed by atoms with Crippen molar-refractivity contribution in [3.63, 3.8) is 0 Å². The molecule has 0 saturated heterocycles. The summed E-state index contributed by atoms with van der Waals surface area (Å²) in [5.41, 5.74) is 6.08. The van der Waals surface area contributed by atoms with Crippen LogP contribution in [0.15, 0.2) is 23.7 Å². The molecular weight excluding hydrogens is 230 g/mol. The summed E-state index contributed by atoms with van der Waals surface area (Å²) in [6, 6.07) is 4.56. The Morgan fingerprint density at radius 2 is 2.35 bits per heavy atom. The summed E-state index contributed by atoms with van der Waals surface area (Å²) in [4.78, 5) is 4.42. The zero-order chi connectivity index (χ0) is 11.7. The minimum atomic E-state index is 0.365. The van der Waals surface area contributed by atoms with Crippen LogP contribution in [-0.4, -0.2) is 17.6 Å². The van der Waals surface area contributed by atoms with E-state index < -0.39 is 0 Å². The summed E-state index contributed by atoms with van der Waals surface area (Å²) >= 11 is 1.76. The zero-order valence-corrected chi connectivity index (χ0v) is 10.5. The third-order valence-corrected chi connectivity index (χ3v) is 4.51. The van der Waals surface area contributed by atoms with Gasteiger partial charge in [-0.3, -0.25) is 0 Å². The minimum Gasteiger partial charge on any atom is -0.369 e. The van der Waals surface area contributed by atoms with Gasteiger partial charge in [0, 0.05) is 28.9 Å². The maximum Gasteiger partial charge on any atom is 0.134 e. The van der Waals surface area contributed by atoms with Gasteiger partial charge in [-0.15, -0.1) is 11.3 Å². The first-order valence-corrected chi connectivity index (χ1v) is 7.04. The Hall–Kier alpha value is -1.13. The second kappa shape index (κ2) is 4.63. The van der Waals surface area contributed by atoms with Crippen molar-refractivity contribution in [3.05, 3.63) is 23.7 Å². The average molecular weight is 247 g/mol. The van der Waals surface area contributed by atoms with Crippen LogP contribution in [0.2, 0.25) is 0 Å². The number of anilines is 1. The number of hydrogen-bond donors (Lipinski definition) is 2. The first-order valence-electron chi connectivity index (χ1n) is 6.16. The predicted octanol–water partition coefficient (Wildman–Crippen LogP) is 2.84. The molecule has 0 aliphatic heterocycles. The fourth-order valence-corrected chi connectivity index (χ4v) is 3.36. The number of hydrogen-bond acceptors (Lipinski definition) is 4. The van der Waals surface area contributed by atoms with Crippen LogP contribution in [-0.2, 0) is 0 Å². The molecule has 0 radical (unpaired) electrons. The number of nitrogens with two attached hydrogens (primary N) is 1. The van der Waals surface area contributed by atoms with Crippen LogP contribution in [0.5, 0.6) is 0 Å². The van der Waals surface area contributed by atoms with Crippen molar-refractivity contribution < 1.29 is 0 Å². The Bertz CT molecular complexity index is 508. The van der Waals surface area contributed by atoms with Crippen molar-refractivity contribution in [3.8, 4) is 0 Å². The number of rotatable bonds is 3. The first kappa shape index (κ1) is 11.0. The zero-order valence-electron chi connectivity index (χ0n) is 9.73. The Kier molecular flexibility index (Phi) is 2.99. The molecule has 0 amide bonds. The van der Waals surface area contributed by atoms with Gasteiger partial charge in [0.05, 0.1) is 0 Å². The lowest BCUT2D eigenvalue weighted by atomic mass is 10.0.